The number of benzene rings is 2. The second kappa shape index (κ2) is 12.2. The summed E-state index contributed by atoms with van der Waals surface area (Å²) in [4.78, 5) is 12.4. The maximum Gasteiger partial charge on any atom is 0.417 e. The quantitative estimate of drug-likeness (QED) is 0.224. The molecule has 38 heavy (non-hydrogen) atoms. The van der Waals surface area contributed by atoms with Gasteiger partial charge in [0.05, 0.1) is 23.7 Å². The lowest BCUT2D eigenvalue weighted by atomic mass is 9.95. The van der Waals surface area contributed by atoms with Crippen LogP contribution in [0.15, 0.2) is 46.9 Å². The van der Waals surface area contributed by atoms with E-state index in [0.29, 0.717) is 12.1 Å². The molecule has 1 amide bonds. The Morgan fingerprint density at radius 1 is 1.03 bits per heavy atom. The summed E-state index contributed by atoms with van der Waals surface area (Å²) >= 11 is 8.74. The molecule has 0 saturated carbocycles. The van der Waals surface area contributed by atoms with Gasteiger partial charge in [-0.25, -0.2) is 4.39 Å². The van der Waals surface area contributed by atoms with Crippen LogP contribution >= 0.6 is 27.5 Å². The Balaban J connectivity index is 2.39. The van der Waals surface area contributed by atoms with Gasteiger partial charge >= 0.3 is 18.5 Å². The second-order valence-corrected chi connectivity index (χ2v) is 9.36. The molecule has 0 aromatic heterocycles. The molecule has 0 radical (unpaired) electrons. The average Bonchev–Trinajstić information content (AvgIpc) is 2.73. The van der Waals surface area contributed by atoms with E-state index in [1.807, 2.05) is 5.32 Å². The monoisotopic (exact) mass is 642 g/mol. The summed E-state index contributed by atoms with van der Waals surface area (Å²) in [6, 6.07) is 4.63. The molecule has 3 nitrogen and oxygen atoms in total. The molecule has 0 saturated heterocycles. The van der Waals surface area contributed by atoms with E-state index in [0.717, 1.165) is 12.1 Å². The van der Waals surface area contributed by atoms with Gasteiger partial charge in [0.25, 0.3) is 5.91 Å². The number of alkyl halides is 9. The first kappa shape index (κ1) is 31.9. The molecular weight excluding hydrogens is 626 g/mol. The van der Waals surface area contributed by atoms with Crippen molar-refractivity contribution in [3.8, 4) is 0 Å². The lowest BCUT2D eigenvalue weighted by Crippen LogP contribution is -2.44. The third-order valence-electron chi connectivity index (χ3n) is 4.96. The molecule has 2 N–H and O–H groups in total. The van der Waals surface area contributed by atoms with Crippen LogP contribution in [-0.4, -0.2) is 31.0 Å². The van der Waals surface area contributed by atoms with Crippen LogP contribution in [0.25, 0.3) is 5.83 Å². The number of carbonyl (C=O) groups is 1. The Kier molecular flexibility index (Phi) is 10.3. The van der Waals surface area contributed by atoms with Gasteiger partial charge in [0, 0.05) is 21.6 Å². The molecule has 0 bridgehead atoms. The molecule has 210 valence electrons. The summed E-state index contributed by atoms with van der Waals surface area (Å²) in [5.74, 6) is -5.57. The SMILES string of the molecule is CC(NCCC(F)(F)F)NC(=O)c1ccc(/C(F)=C/C(c2cc(Cl)cc(Br)c2)C(F)(F)F)cc1C(F)(F)F. The van der Waals surface area contributed by atoms with Crippen LogP contribution in [0.2, 0.25) is 5.02 Å². The van der Waals surface area contributed by atoms with Crippen LogP contribution in [0.5, 0.6) is 0 Å². The highest BCUT2D eigenvalue weighted by atomic mass is 79.9. The van der Waals surface area contributed by atoms with Crippen molar-refractivity contribution in [1.29, 1.82) is 0 Å². The molecule has 0 aliphatic carbocycles. The van der Waals surface area contributed by atoms with Crippen molar-refractivity contribution in [3.05, 3.63) is 74.2 Å². The Hall–Kier alpha value is -2.32. The van der Waals surface area contributed by atoms with Crippen molar-refractivity contribution < 1.29 is 48.7 Å². The first-order chi connectivity index (χ1) is 17.3. The zero-order valence-electron chi connectivity index (χ0n) is 19.1. The Morgan fingerprint density at radius 2 is 1.66 bits per heavy atom. The number of halogens is 12. The molecule has 2 unspecified atom stereocenters. The number of rotatable bonds is 8. The normalized spacial score (nSPS) is 14.8. The van der Waals surface area contributed by atoms with Gasteiger partial charge in [-0.3, -0.25) is 10.1 Å². The van der Waals surface area contributed by atoms with Crippen molar-refractivity contribution in [1.82, 2.24) is 10.6 Å². The highest BCUT2D eigenvalue weighted by Gasteiger charge is 2.41. The highest BCUT2D eigenvalue weighted by Crippen LogP contribution is 2.41. The van der Waals surface area contributed by atoms with Crippen LogP contribution in [0.3, 0.4) is 0 Å². The molecule has 0 aliphatic rings. The van der Waals surface area contributed by atoms with Crippen LogP contribution < -0.4 is 10.6 Å². The number of nitrogens with one attached hydrogen (secondary N) is 2. The smallest absolute Gasteiger partial charge is 0.337 e. The fourth-order valence-electron chi connectivity index (χ4n) is 3.26. The summed E-state index contributed by atoms with van der Waals surface area (Å²) < 4.78 is 134. The van der Waals surface area contributed by atoms with Crippen molar-refractivity contribution >= 4 is 39.3 Å². The lowest BCUT2D eigenvalue weighted by Gasteiger charge is -2.20. The van der Waals surface area contributed by atoms with Crippen LogP contribution in [0, 0.1) is 0 Å². The fourth-order valence-corrected chi connectivity index (χ4v) is 4.14. The summed E-state index contributed by atoms with van der Waals surface area (Å²) in [5, 5.41) is 4.20. The van der Waals surface area contributed by atoms with Crippen LogP contribution in [-0.2, 0) is 6.18 Å². The molecule has 0 aliphatic heterocycles. The van der Waals surface area contributed by atoms with Gasteiger partial charge in [0.2, 0.25) is 0 Å². The molecule has 0 heterocycles. The standard InChI is InChI=1S/C23H18BrClF10N2O/c1-11(36-5-4-21(27,28)29)37-20(38)16-3-2-12(8-18(16)23(33,34)35)19(26)10-17(22(30,31)32)13-6-14(24)9-15(25)7-13/h2-3,6-11,17,36H,4-5H2,1H3,(H,37,38)/b19-10-. The Bertz CT molecular complexity index is 1160. The number of carbonyl (C=O) groups excluding carboxylic acids is 1. The van der Waals surface area contributed by atoms with E-state index in [-0.39, 0.29) is 21.6 Å². The first-order valence-corrected chi connectivity index (χ1v) is 11.7. The van der Waals surface area contributed by atoms with Gasteiger partial charge in [-0.05, 0) is 48.9 Å². The first-order valence-electron chi connectivity index (χ1n) is 10.5. The van der Waals surface area contributed by atoms with E-state index in [4.69, 9.17) is 11.6 Å². The zero-order valence-corrected chi connectivity index (χ0v) is 21.4. The molecule has 2 rings (SSSR count). The summed E-state index contributed by atoms with van der Waals surface area (Å²) in [7, 11) is 0. The lowest BCUT2D eigenvalue weighted by molar-refractivity contribution is -0.140. The maximum atomic E-state index is 14.9. The van der Waals surface area contributed by atoms with E-state index in [1.54, 1.807) is 0 Å². The minimum absolute atomic E-state index is 0.0833. The molecule has 0 spiro atoms. The molecule has 15 heteroatoms. The second-order valence-electron chi connectivity index (χ2n) is 8.01. The third-order valence-corrected chi connectivity index (χ3v) is 5.64. The van der Waals surface area contributed by atoms with E-state index >= 15 is 0 Å². The minimum Gasteiger partial charge on any atom is -0.337 e. The van der Waals surface area contributed by atoms with Crippen molar-refractivity contribution in [2.75, 3.05) is 6.54 Å². The number of hydrogen-bond acceptors (Lipinski definition) is 2. The van der Waals surface area contributed by atoms with Gasteiger partial charge in [0.15, 0.2) is 0 Å². The fraction of sp³-hybridized carbons (Fsp3) is 0.348. The number of hydrogen-bond donors (Lipinski definition) is 2. The Labute approximate surface area is 223 Å². The van der Waals surface area contributed by atoms with Crippen molar-refractivity contribution in [3.63, 3.8) is 0 Å². The zero-order chi connectivity index (χ0) is 29.1. The van der Waals surface area contributed by atoms with E-state index < -0.39 is 77.6 Å². The maximum absolute atomic E-state index is 14.9. The van der Waals surface area contributed by atoms with Gasteiger partial charge in [-0.2, -0.15) is 39.5 Å². The van der Waals surface area contributed by atoms with Gasteiger partial charge in [-0.1, -0.05) is 33.6 Å². The summed E-state index contributed by atoms with van der Waals surface area (Å²) in [5.41, 5.74) is -4.04. The van der Waals surface area contributed by atoms with Crippen LogP contribution in [0.4, 0.5) is 43.9 Å². The van der Waals surface area contributed by atoms with E-state index in [9.17, 15) is 48.7 Å². The number of amides is 1. The molecule has 2 aromatic carbocycles. The highest BCUT2D eigenvalue weighted by molar-refractivity contribution is 9.10. The van der Waals surface area contributed by atoms with Gasteiger partial charge in [0.1, 0.15) is 11.7 Å². The third kappa shape index (κ3) is 9.45. The predicted octanol–water partition coefficient (Wildman–Crippen LogP) is 8.40. The summed E-state index contributed by atoms with van der Waals surface area (Å²) in [6.45, 7) is 0.555. The van der Waals surface area contributed by atoms with Gasteiger partial charge < -0.3 is 5.32 Å². The molecule has 2 atom stereocenters. The Morgan fingerprint density at radius 3 is 2.18 bits per heavy atom. The average molecular weight is 644 g/mol. The molecule has 2 aromatic rings. The molecular formula is C23H18BrClF10N2O. The van der Waals surface area contributed by atoms with E-state index in [2.05, 4.69) is 21.2 Å². The number of allylic oxidation sites excluding steroid dienone is 1. The van der Waals surface area contributed by atoms with Gasteiger partial charge in [-0.15, -0.1) is 0 Å². The van der Waals surface area contributed by atoms with Crippen molar-refractivity contribution in [2.45, 2.75) is 44.0 Å². The minimum atomic E-state index is -5.23. The predicted molar refractivity (Wildman–Crippen MR) is 124 cm³/mol. The van der Waals surface area contributed by atoms with Crippen molar-refractivity contribution in [2.24, 2.45) is 0 Å². The topological polar surface area (TPSA) is 41.1 Å². The van der Waals surface area contributed by atoms with E-state index in [1.165, 1.54) is 13.0 Å². The van der Waals surface area contributed by atoms with Crippen LogP contribution in [0.1, 0.15) is 46.3 Å². The summed E-state index contributed by atoms with van der Waals surface area (Å²) in [6.07, 6.45) is -17.1. The largest absolute Gasteiger partial charge is 0.417 e. The molecule has 0 fully saturated rings.